The van der Waals surface area contributed by atoms with Crippen LogP contribution in [0, 0.1) is 5.82 Å². The molecule has 0 atom stereocenters. The lowest BCUT2D eigenvalue weighted by atomic mass is 10.1. The average molecular weight is 378 g/mol. The monoisotopic (exact) mass is 378 g/mol. The van der Waals surface area contributed by atoms with Crippen molar-refractivity contribution >= 4 is 23.2 Å². The van der Waals surface area contributed by atoms with E-state index in [2.05, 4.69) is 10.6 Å². The summed E-state index contributed by atoms with van der Waals surface area (Å²) in [6, 6.07) is 18.8. The fourth-order valence-corrected chi connectivity index (χ4v) is 2.54. The van der Waals surface area contributed by atoms with Crippen LogP contribution in [0.15, 0.2) is 72.8 Å². The molecule has 0 radical (unpaired) electrons. The third-order valence-corrected chi connectivity index (χ3v) is 3.91. The van der Waals surface area contributed by atoms with Crippen LogP contribution in [0.4, 0.5) is 15.8 Å². The molecule has 28 heavy (non-hydrogen) atoms. The number of ether oxygens (including phenoxy) is 1. The van der Waals surface area contributed by atoms with E-state index in [1.807, 2.05) is 6.92 Å². The molecular formula is C22H19FN2O3. The zero-order chi connectivity index (χ0) is 19.9. The van der Waals surface area contributed by atoms with Crippen LogP contribution < -0.4 is 15.4 Å². The highest BCUT2D eigenvalue weighted by molar-refractivity contribution is 6.08. The van der Waals surface area contributed by atoms with E-state index >= 15 is 0 Å². The van der Waals surface area contributed by atoms with Crippen molar-refractivity contribution in [3.05, 3.63) is 89.7 Å². The molecular weight excluding hydrogens is 359 g/mol. The quantitative estimate of drug-likeness (QED) is 0.652. The molecule has 6 heteroatoms. The summed E-state index contributed by atoms with van der Waals surface area (Å²) in [6.07, 6.45) is 0. The van der Waals surface area contributed by atoms with E-state index in [-0.39, 0.29) is 17.6 Å². The first-order chi connectivity index (χ1) is 13.5. The van der Waals surface area contributed by atoms with E-state index in [0.29, 0.717) is 29.1 Å². The minimum Gasteiger partial charge on any atom is -0.494 e. The normalized spacial score (nSPS) is 10.2. The van der Waals surface area contributed by atoms with Gasteiger partial charge in [-0.1, -0.05) is 6.07 Å². The van der Waals surface area contributed by atoms with Gasteiger partial charge in [-0.3, -0.25) is 9.59 Å². The molecule has 0 bridgehead atoms. The number of carbonyl (C=O) groups is 2. The van der Waals surface area contributed by atoms with Crippen LogP contribution >= 0.6 is 0 Å². The molecule has 0 aromatic heterocycles. The second-order valence-electron chi connectivity index (χ2n) is 5.95. The standard InChI is InChI=1S/C22H19FN2O3/c1-2-28-20-12-10-19(11-13-20)25-22(27)16-5-3-4-15(14-16)21(26)24-18-8-6-17(23)7-9-18/h3-14H,2H2,1H3,(H,24,26)(H,25,27). The molecule has 5 nitrogen and oxygen atoms in total. The molecule has 3 rings (SSSR count). The van der Waals surface area contributed by atoms with Crippen LogP contribution in [0.25, 0.3) is 0 Å². The summed E-state index contributed by atoms with van der Waals surface area (Å²) >= 11 is 0. The summed E-state index contributed by atoms with van der Waals surface area (Å²) < 4.78 is 18.3. The molecule has 3 aromatic rings. The lowest BCUT2D eigenvalue weighted by Crippen LogP contribution is -2.15. The Labute approximate surface area is 162 Å². The van der Waals surface area contributed by atoms with Crippen molar-refractivity contribution in [1.29, 1.82) is 0 Å². The van der Waals surface area contributed by atoms with Crippen LogP contribution in [0.2, 0.25) is 0 Å². The fourth-order valence-electron chi connectivity index (χ4n) is 2.54. The molecule has 0 spiro atoms. The Kier molecular flexibility index (Phi) is 6.01. The number of rotatable bonds is 6. The summed E-state index contributed by atoms with van der Waals surface area (Å²) in [7, 11) is 0. The van der Waals surface area contributed by atoms with Gasteiger partial charge in [0.1, 0.15) is 11.6 Å². The van der Waals surface area contributed by atoms with E-state index in [9.17, 15) is 14.0 Å². The second-order valence-corrected chi connectivity index (χ2v) is 5.95. The van der Waals surface area contributed by atoms with Crippen LogP contribution in [-0.2, 0) is 0 Å². The number of halogens is 1. The maximum absolute atomic E-state index is 13.0. The van der Waals surface area contributed by atoms with Gasteiger partial charge in [-0.25, -0.2) is 4.39 Å². The Balaban J connectivity index is 1.68. The summed E-state index contributed by atoms with van der Waals surface area (Å²) in [5, 5.41) is 5.45. The largest absolute Gasteiger partial charge is 0.494 e. The number of hydrogen-bond donors (Lipinski definition) is 2. The Morgan fingerprint density at radius 2 is 1.32 bits per heavy atom. The van der Waals surface area contributed by atoms with Crippen LogP contribution in [0.3, 0.4) is 0 Å². The SMILES string of the molecule is CCOc1ccc(NC(=O)c2cccc(C(=O)Nc3ccc(F)cc3)c2)cc1. The number of benzene rings is 3. The highest BCUT2D eigenvalue weighted by Crippen LogP contribution is 2.17. The number of hydrogen-bond acceptors (Lipinski definition) is 3. The van der Waals surface area contributed by atoms with Gasteiger partial charge >= 0.3 is 0 Å². The van der Waals surface area contributed by atoms with Crippen molar-refractivity contribution in [2.45, 2.75) is 6.92 Å². The van der Waals surface area contributed by atoms with Gasteiger partial charge in [-0.15, -0.1) is 0 Å². The zero-order valence-corrected chi connectivity index (χ0v) is 15.2. The van der Waals surface area contributed by atoms with Gasteiger partial charge in [-0.2, -0.15) is 0 Å². The Bertz CT molecular complexity index is 970. The molecule has 0 aliphatic carbocycles. The molecule has 3 aromatic carbocycles. The zero-order valence-electron chi connectivity index (χ0n) is 15.2. The highest BCUT2D eigenvalue weighted by Gasteiger charge is 2.11. The van der Waals surface area contributed by atoms with Gasteiger partial charge in [0.25, 0.3) is 11.8 Å². The smallest absolute Gasteiger partial charge is 0.255 e. The van der Waals surface area contributed by atoms with Gasteiger partial charge in [0.05, 0.1) is 6.61 Å². The average Bonchev–Trinajstić information content (AvgIpc) is 2.71. The van der Waals surface area contributed by atoms with Gasteiger partial charge in [0.2, 0.25) is 0 Å². The lowest BCUT2D eigenvalue weighted by Gasteiger charge is -2.09. The van der Waals surface area contributed by atoms with Crippen LogP contribution in [-0.4, -0.2) is 18.4 Å². The minimum absolute atomic E-state index is 0.323. The van der Waals surface area contributed by atoms with Crippen molar-refractivity contribution in [2.75, 3.05) is 17.2 Å². The van der Waals surface area contributed by atoms with Crippen molar-refractivity contribution in [3.63, 3.8) is 0 Å². The van der Waals surface area contributed by atoms with E-state index in [4.69, 9.17) is 4.74 Å². The number of anilines is 2. The molecule has 142 valence electrons. The second kappa shape index (κ2) is 8.81. The third kappa shape index (κ3) is 4.94. The molecule has 0 saturated carbocycles. The third-order valence-electron chi connectivity index (χ3n) is 3.91. The van der Waals surface area contributed by atoms with Crippen molar-refractivity contribution < 1.29 is 18.7 Å². The minimum atomic E-state index is -0.387. The highest BCUT2D eigenvalue weighted by atomic mass is 19.1. The first-order valence-corrected chi connectivity index (χ1v) is 8.76. The molecule has 0 unspecified atom stereocenters. The molecule has 0 heterocycles. The summed E-state index contributed by atoms with van der Waals surface area (Å²) in [6.45, 7) is 2.47. The van der Waals surface area contributed by atoms with Crippen molar-refractivity contribution in [2.24, 2.45) is 0 Å². The maximum atomic E-state index is 13.0. The van der Waals surface area contributed by atoms with E-state index in [1.54, 1.807) is 42.5 Å². The Hall–Kier alpha value is -3.67. The number of amides is 2. The van der Waals surface area contributed by atoms with Gasteiger partial charge in [-0.05, 0) is 73.7 Å². The van der Waals surface area contributed by atoms with E-state index in [1.165, 1.54) is 30.3 Å². The van der Waals surface area contributed by atoms with Crippen LogP contribution in [0.5, 0.6) is 5.75 Å². The number of carbonyl (C=O) groups excluding carboxylic acids is 2. The fraction of sp³-hybridized carbons (Fsp3) is 0.0909. The topological polar surface area (TPSA) is 67.4 Å². The summed E-state index contributed by atoms with van der Waals surface area (Å²) in [4.78, 5) is 24.9. The first kappa shape index (κ1) is 19.1. The predicted molar refractivity (Wildman–Crippen MR) is 106 cm³/mol. The van der Waals surface area contributed by atoms with Gasteiger partial charge in [0.15, 0.2) is 0 Å². The molecule has 2 amide bonds. The number of nitrogens with one attached hydrogen (secondary N) is 2. The van der Waals surface area contributed by atoms with Gasteiger partial charge in [0, 0.05) is 22.5 Å². The molecule has 0 aliphatic rings. The predicted octanol–water partition coefficient (Wildman–Crippen LogP) is 4.73. The maximum Gasteiger partial charge on any atom is 0.255 e. The molecule has 0 saturated heterocycles. The van der Waals surface area contributed by atoms with Crippen molar-refractivity contribution in [1.82, 2.24) is 0 Å². The Morgan fingerprint density at radius 3 is 1.82 bits per heavy atom. The van der Waals surface area contributed by atoms with Gasteiger partial charge < -0.3 is 15.4 Å². The lowest BCUT2D eigenvalue weighted by molar-refractivity contribution is 0.102. The van der Waals surface area contributed by atoms with E-state index in [0.717, 1.165) is 5.75 Å². The van der Waals surface area contributed by atoms with E-state index < -0.39 is 0 Å². The molecule has 2 N–H and O–H groups in total. The van der Waals surface area contributed by atoms with Crippen molar-refractivity contribution in [3.8, 4) is 5.75 Å². The van der Waals surface area contributed by atoms with Crippen LogP contribution in [0.1, 0.15) is 27.6 Å². The summed E-state index contributed by atoms with van der Waals surface area (Å²) in [5.74, 6) is -0.381. The summed E-state index contributed by atoms with van der Waals surface area (Å²) in [5.41, 5.74) is 1.76. The first-order valence-electron chi connectivity index (χ1n) is 8.76. The molecule has 0 fully saturated rings. The Morgan fingerprint density at radius 1 is 0.821 bits per heavy atom. The molecule has 0 aliphatic heterocycles.